The molecule has 21 heavy (non-hydrogen) atoms. The third-order valence-corrected chi connectivity index (χ3v) is 3.31. The van der Waals surface area contributed by atoms with E-state index in [0.717, 1.165) is 6.42 Å². The molecule has 0 saturated carbocycles. The molecule has 2 rings (SSSR count). The van der Waals surface area contributed by atoms with Crippen molar-refractivity contribution in [1.29, 1.82) is 0 Å². The summed E-state index contributed by atoms with van der Waals surface area (Å²) in [5, 5.41) is 8.21. The number of imide groups is 1. The molecule has 1 fully saturated rings. The van der Waals surface area contributed by atoms with Crippen LogP contribution in [0.2, 0.25) is 0 Å². The minimum Gasteiger partial charge on any atom is -0.352 e. The number of amides is 3. The molecular weight excluding hydrogens is 270 g/mol. The summed E-state index contributed by atoms with van der Waals surface area (Å²) in [5.74, 6) is -0.579. The first-order chi connectivity index (χ1) is 10.2. The lowest BCUT2D eigenvalue weighted by Gasteiger charge is -2.21. The molecule has 3 amide bonds. The molecule has 6 heteroatoms. The second-order valence-corrected chi connectivity index (χ2v) is 4.93. The van der Waals surface area contributed by atoms with Gasteiger partial charge in [0, 0.05) is 18.5 Å². The van der Waals surface area contributed by atoms with Crippen LogP contribution in [-0.2, 0) is 9.59 Å². The van der Waals surface area contributed by atoms with E-state index in [2.05, 4.69) is 16.0 Å². The lowest BCUT2D eigenvalue weighted by molar-refractivity contribution is -0.134. The molecule has 112 valence electrons. The van der Waals surface area contributed by atoms with Crippen molar-refractivity contribution in [1.82, 2.24) is 16.0 Å². The summed E-state index contributed by atoms with van der Waals surface area (Å²) in [7, 11) is 0. The molecule has 1 unspecified atom stereocenters. The topological polar surface area (TPSA) is 87.3 Å². The van der Waals surface area contributed by atoms with E-state index in [1.165, 1.54) is 0 Å². The summed E-state index contributed by atoms with van der Waals surface area (Å²) < 4.78 is 0. The van der Waals surface area contributed by atoms with Crippen molar-refractivity contribution in [3.63, 3.8) is 0 Å². The van der Waals surface area contributed by atoms with Crippen LogP contribution >= 0.6 is 0 Å². The predicted molar refractivity (Wildman–Crippen MR) is 77.6 cm³/mol. The van der Waals surface area contributed by atoms with Gasteiger partial charge in [-0.25, -0.2) is 0 Å². The zero-order chi connectivity index (χ0) is 15.1. The van der Waals surface area contributed by atoms with Gasteiger partial charge in [-0.2, -0.15) is 0 Å². The molecule has 1 aliphatic rings. The Bertz CT molecular complexity index is 516. The summed E-state index contributed by atoms with van der Waals surface area (Å²) in [4.78, 5) is 34.3. The highest BCUT2D eigenvalue weighted by Crippen LogP contribution is 2.04. The molecule has 6 nitrogen and oxygen atoms in total. The van der Waals surface area contributed by atoms with Crippen molar-refractivity contribution in [2.45, 2.75) is 25.3 Å². The molecule has 3 N–H and O–H groups in total. The molecule has 1 atom stereocenters. The maximum Gasteiger partial charge on any atom is 0.251 e. The normalized spacial score (nSPS) is 18.2. The molecule has 0 radical (unpaired) electrons. The third-order valence-electron chi connectivity index (χ3n) is 3.31. The van der Waals surface area contributed by atoms with Crippen LogP contribution in [0.4, 0.5) is 0 Å². The highest BCUT2D eigenvalue weighted by molar-refractivity contribution is 6.00. The van der Waals surface area contributed by atoms with Crippen molar-refractivity contribution >= 4 is 17.7 Å². The number of hydrogen-bond donors (Lipinski definition) is 3. The van der Waals surface area contributed by atoms with Crippen LogP contribution in [-0.4, -0.2) is 36.9 Å². The smallest absolute Gasteiger partial charge is 0.251 e. The van der Waals surface area contributed by atoms with Gasteiger partial charge in [0.2, 0.25) is 11.8 Å². The van der Waals surface area contributed by atoms with Crippen LogP contribution in [0.15, 0.2) is 30.3 Å². The molecule has 1 aromatic rings. The quantitative estimate of drug-likeness (QED) is 0.516. The van der Waals surface area contributed by atoms with Crippen molar-refractivity contribution in [2.24, 2.45) is 0 Å². The lowest BCUT2D eigenvalue weighted by atomic mass is 10.1. The summed E-state index contributed by atoms with van der Waals surface area (Å²) in [6.07, 6.45) is 1.62. The number of benzene rings is 1. The van der Waals surface area contributed by atoms with Crippen LogP contribution in [0.3, 0.4) is 0 Å². The first kappa shape index (κ1) is 15.2. The monoisotopic (exact) mass is 289 g/mol. The molecule has 1 heterocycles. The van der Waals surface area contributed by atoms with Crippen LogP contribution < -0.4 is 16.0 Å². The van der Waals surface area contributed by atoms with Crippen LogP contribution in [0, 0.1) is 0 Å². The number of carbonyl (C=O) groups excluding carboxylic acids is 3. The van der Waals surface area contributed by atoms with E-state index in [1.807, 2.05) is 18.2 Å². The average molecular weight is 289 g/mol. The van der Waals surface area contributed by atoms with Gasteiger partial charge >= 0.3 is 0 Å². The van der Waals surface area contributed by atoms with Crippen molar-refractivity contribution in [2.75, 3.05) is 13.1 Å². The minimum absolute atomic E-state index is 0.100. The second-order valence-electron chi connectivity index (χ2n) is 4.93. The zero-order valence-corrected chi connectivity index (χ0v) is 11.7. The van der Waals surface area contributed by atoms with Crippen molar-refractivity contribution in [3.05, 3.63) is 35.9 Å². The highest BCUT2D eigenvalue weighted by atomic mass is 16.2. The number of carbonyl (C=O) groups is 3. The molecular formula is C15H19N3O3. The third kappa shape index (κ3) is 4.68. The first-order valence-corrected chi connectivity index (χ1v) is 7.07. The van der Waals surface area contributed by atoms with E-state index in [1.54, 1.807) is 12.1 Å². The Morgan fingerprint density at radius 1 is 1.19 bits per heavy atom. The fourth-order valence-corrected chi connectivity index (χ4v) is 2.15. The van der Waals surface area contributed by atoms with Crippen LogP contribution in [0.25, 0.3) is 0 Å². The van der Waals surface area contributed by atoms with Gasteiger partial charge in [-0.3, -0.25) is 19.7 Å². The predicted octanol–water partition coefficient (Wildman–Crippen LogP) is 0.201. The van der Waals surface area contributed by atoms with Gasteiger partial charge in [-0.1, -0.05) is 18.2 Å². The molecule has 1 aromatic carbocycles. The SMILES string of the molecule is O=C1CCC(NCCCNC(=O)c2ccccc2)C(=O)N1. The van der Waals surface area contributed by atoms with E-state index >= 15 is 0 Å². The van der Waals surface area contributed by atoms with Crippen LogP contribution in [0.1, 0.15) is 29.6 Å². The maximum absolute atomic E-state index is 11.8. The Kier molecular flexibility index (Phi) is 5.45. The van der Waals surface area contributed by atoms with E-state index in [9.17, 15) is 14.4 Å². The van der Waals surface area contributed by atoms with Crippen LogP contribution in [0.5, 0.6) is 0 Å². The standard InChI is InChI=1S/C15H19N3O3/c19-13-8-7-12(15(21)18-13)16-9-4-10-17-14(20)11-5-2-1-3-6-11/h1-3,5-6,12,16H,4,7-10H2,(H,17,20)(H,18,19,21). The molecule has 1 aliphatic heterocycles. The summed E-state index contributed by atoms with van der Waals surface area (Å²) in [6.45, 7) is 1.15. The van der Waals surface area contributed by atoms with Gasteiger partial charge in [0.25, 0.3) is 5.91 Å². The van der Waals surface area contributed by atoms with Crippen molar-refractivity contribution < 1.29 is 14.4 Å². The van der Waals surface area contributed by atoms with E-state index in [4.69, 9.17) is 0 Å². The first-order valence-electron chi connectivity index (χ1n) is 7.07. The Morgan fingerprint density at radius 2 is 1.95 bits per heavy atom. The maximum atomic E-state index is 11.8. The molecule has 0 aromatic heterocycles. The molecule has 0 spiro atoms. The second kappa shape index (κ2) is 7.54. The number of nitrogens with one attached hydrogen (secondary N) is 3. The molecule has 0 aliphatic carbocycles. The van der Waals surface area contributed by atoms with Crippen molar-refractivity contribution in [3.8, 4) is 0 Å². The average Bonchev–Trinajstić information content (AvgIpc) is 2.49. The summed E-state index contributed by atoms with van der Waals surface area (Å²) in [6, 6.07) is 8.71. The lowest BCUT2D eigenvalue weighted by Crippen LogP contribution is -2.51. The van der Waals surface area contributed by atoms with Gasteiger partial charge in [-0.05, 0) is 31.5 Å². The number of hydrogen-bond acceptors (Lipinski definition) is 4. The largest absolute Gasteiger partial charge is 0.352 e. The Balaban J connectivity index is 1.61. The Morgan fingerprint density at radius 3 is 2.67 bits per heavy atom. The Hall–Kier alpha value is -2.21. The van der Waals surface area contributed by atoms with E-state index in [0.29, 0.717) is 31.5 Å². The Labute approximate surface area is 123 Å². The van der Waals surface area contributed by atoms with Gasteiger partial charge in [0.05, 0.1) is 6.04 Å². The summed E-state index contributed by atoms with van der Waals surface area (Å²) in [5.41, 5.74) is 0.635. The summed E-state index contributed by atoms with van der Waals surface area (Å²) >= 11 is 0. The minimum atomic E-state index is -0.312. The van der Waals surface area contributed by atoms with Gasteiger partial charge < -0.3 is 10.6 Å². The molecule has 1 saturated heterocycles. The van der Waals surface area contributed by atoms with Gasteiger partial charge in [-0.15, -0.1) is 0 Å². The fraction of sp³-hybridized carbons (Fsp3) is 0.400. The number of rotatable bonds is 6. The van der Waals surface area contributed by atoms with Gasteiger partial charge in [0.1, 0.15) is 0 Å². The number of piperidine rings is 1. The molecule has 0 bridgehead atoms. The zero-order valence-electron chi connectivity index (χ0n) is 11.7. The van der Waals surface area contributed by atoms with E-state index < -0.39 is 0 Å². The van der Waals surface area contributed by atoms with E-state index in [-0.39, 0.29) is 23.8 Å². The van der Waals surface area contributed by atoms with Gasteiger partial charge in [0.15, 0.2) is 0 Å². The fourth-order valence-electron chi connectivity index (χ4n) is 2.15. The highest BCUT2D eigenvalue weighted by Gasteiger charge is 2.25.